The van der Waals surface area contributed by atoms with E-state index in [0.29, 0.717) is 13.0 Å². The normalized spacial score (nSPS) is 17.0. The third-order valence-electron chi connectivity index (χ3n) is 5.12. The summed E-state index contributed by atoms with van der Waals surface area (Å²) in [4.78, 5) is 12.2. The highest BCUT2D eigenvalue weighted by molar-refractivity contribution is 5.74. The zero-order chi connectivity index (χ0) is 18.4. The summed E-state index contributed by atoms with van der Waals surface area (Å²) in [5.41, 5.74) is 0.452. The lowest BCUT2D eigenvalue weighted by Crippen LogP contribution is -2.53. The van der Waals surface area contributed by atoms with E-state index >= 15 is 0 Å². The quantitative estimate of drug-likeness (QED) is 0.707. The molecule has 1 saturated carbocycles. The van der Waals surface area contributed by atoms with E-state index in [1.54, 1.807) is 18.4 Å². The Morgan fingerprint density at radius 1 is 1.23 bits per heavy atom. The van der Waals surface area contributed by atoms with Gasteiger partial charge < -0.3 is 20.2 Å². The third kappa shape index (κ3) is 4.43. The van der Waals surface area contributed by atoms with Crippen molar-refractivity contribution in [2.75, 3.05) is 13.2 Å². The van der Waals surface area contributed by atoms with E-state index < -0.39 is 5.54 Å². The first-order valence-corrected chi connectivity index (χ1v) is 9.08. The van der Waals surface area contributed by atoms with Crippen molar-refractivity contribution in [2.24, 2.45) is 0 Å². The smallest absolute Gasteiger partial charge is 0.315 e. The number of carbonyl (C=O) groups is 1. The van der Waals surface area contributed by atoms with Crippen molar-refractivity contribution in [2.45, 2.75) is 43.6 Å². The van der Waals surface area contributed by atoms with Gasteiger partial charge in [0.2, 0.25) is 0 Å². The Kier molecular flexibility index (Phi) is 5.93. The molecule has 26 heavy (non-hydrogen) atoms. The fourth-order valence-corrected chi connectivity index (χ4v) is 3.65. The lowest BCUT2D eigenvalue weighted by molar-refractivity contribution is 0.163. The largest absolute Gasteiger partial charge is 0.469 e. The van der Waals surface area contributed by atoms with Crippen LogP contribution in [0.15, 0.2) is 47.1 Å². The molecule has 0 bridgehead atoms. The summed E-state index contributed by atoms with van der Waals surface area (Å²) in [6, 6.07) is 9.76. The Hall–Kier alpha value is -2.34. The van der Waals surface area contributed by atoms with Gasteiger partial charge in [-0.2, -0.15) is 0 Å². The van der Waals surface area contributed by atoms with Gasteiger partial charge in [0.05, 0.1) is 18.4 Å². The number of nitrogens with one attached hydrogen (secondary N) is 2. The molecule has 1 aromatic carbocycles. The van der Waals surface area contributed by atoms with Crippen LogP contribution in [0.2, 0.25) is 0 Å². The van der Waals surface area contributed by atoms with Crippen LogP contribution < -0.4 is 10.6 Å². The molecule has 1 heterocycles. The van der Waals surface area contributed by atoms with Crippen molar-refractivity contribution in [1.29, 1.82) is 0 Å². The average Bonchev–Trinajstić information content (AvgIpc) is 3.32. The molecule has 140 valence electrons. The summed E-state index contributed by atoms with van der Waals surface area (Å²) in [6.45, 7) is 0.404. The number of aliphatic hydroxyl groups is 1. The number of urea groups is 1. The first-order valence-electron chi connectivity index (χ1n) is 9.08. The topological polar surface area (TPSA) is 74.5 Å². The van der Waals surface area contributed by atoms with Crippen LogP contribution in [0.25, 0.3) is 0 Å². The summed E-state index contributed by atoms with van der Waals surface area (Å²) >= 11 is 0. The number of furan rings is 1. The number of amides is 2. The van der Waals surface area contributed by atoms with Crippen molar-refractivity contribution >= 4 is 6.03 Å². The number of aliphatic hydroxyl groups excluding tert-OH is 1. The minimum absolute atomic E-state index is 0.0367. The molecule has 0 radical (unpaired) electrons. The van der Waals surface area contributed by atoms with Gasteiger partial charge in [0.15, 0.2) is 0 Å². The Morgan fingerprint density at radius 3 is 2.58 bits per heavy atom. The molecular weight excluding hydrogens is 335 g/mol. The van der Waals surface area contributed by atoms with Crippen LogP contribution in [0.3, 0.4) is 0 Å². The van der Waals surface area contributed by atoms with Gasteiger partial charge in [0, 0.05) is 12.5 Å². The maximum Gasteiger partial charge on any atom is 0.315 e. The van der Waals surface area contributed by atoms with Crippen LogP contribution in [0, 0.1) is 5.82 Å². The van der Waals surface area contributed by atoms with Gasteiger partial charge >= 0.3 is 6.03 Å². The zero-order valence-electron chi connectivity index (χ0n) is 14.7. The standard InChI is InChI=1S/C20H25FN2O3/c21-16-7-5-15(6-8-16)17(18-4-3-13-26-18)9-12-22-19(25)23-20(14-24)10-1-2-11-20/h3-8,13,17,24H,1-2,9-12,14H2,(H2,22,23,25)/t17-/m0/s1. The van der Waals surface area contributed by atoms with Crippen molar-refractivity contribution < 1.29 is 18.7 Å². The summed E-state index contributed by atoms with van der Waals surface area (Å²) in [5.74, 6) is 0.431. The molecule has 1 aliphatic rings. The second-order valence-corrected chi connectivity index (χ2v) is 6.93. The van der Waals surface area contributed by atoms with Gasteiger partial charge in [-0.15, -0.1) is 0 Å². The molecule has 0 saturated heterocycles. The van der Waals surface area contributed by atoms with Crippen molar-refractivity contribution in [3.63, 3.8) is 0 Å². The van der Waals surface area contributed by atoms with E-state index in [2.05, 4.69) is 10.6 Å². The van der Waals surface area contributed by atoms with Crippen molar-refractivity contribution in [3.05, 3.63) is 59.8 Å². The lowest BCUT2D eigenvalue weighted by atomic mass is 9.93. The first-order chi connectivity index (χ1) is 12.6. The number of rotatable bonds is 7. The Bertz CT molecular complexity index is 694. The fourth-order valence-electron chi connectivity index (χ4n) is 3.65. The van der Waals surface area contributed by atoms with Crippen molar-refractivity contribution in [1.82, 2.24) is 10.6 Å². The van der Waals surface area contributed by atoms with E-state index in [1.807, 2.05) is 12.1 Å². The summed E-state index contributed by atoms with van der Waals surface area (Å²) in [5, 5.41) is 15.4. The van der Waals surface area contributed by atoms with Crippen LogP contribution in [0.4, 0.5) is 9.18 Å². The molecule has 0 aliphatic heterocycles. The molecule has 3 rings (SSSR count). The molecule has 6 heteroatoms. The highest BCUT2D eigenvalue weighted by Gasteiger charge is 2.34. The van der Waals surface area contributed by atoms with E-state index in [0.717, 1.165) is 37.0 Å². The minimum Gasteiger partial charge on any atom is -0.469 e. The molecule has 2 amide bonds. The molecule has 2 aromatic rings. The SMILES string of the molecule is O=C(NCC[C@@H](c1ccc(F)cc1)c1ccco1)NC1(CO)CCCC1. The molecular formula is C20H25FN2O3. The monoisotopic (exact) mass is 360 g/mol. The van der Waals surface area contributed by atoms with Crippen LogP contribution >= 0.6 is 0 Å². The van der Waals surface area contributed by atoms with Crippen LogP contribution in [0.5, 0.6) is 0 Å². The highest BCUT2D eigenvalue weighted by atomic mass is 19.1. The Morgan fingerprint density at radius 2 is 1.96 bits per heavy atom. The van der Waals surface area contributed by atoms with Crippen molar-refractivity contribution in [3.8, 4) is 0 Å². The zero-order valence-corrected chi connectivity index (χ0v) is 14.7. The fraction of sp³-hybridized carbons (Fsp3) is 0.450. The molecule has 1 aromatic heterocycles. The molecule has 5 nitrogen and oxygen atoms in total. The maximum absolute atomic E-state index is 13.2. The predicted molar refractivity (Wildman–Crippen MR) is 96.4 cm³/mol. The Labute approximate surface area is 152 Å². The summed E-state index contributed by atoms with van der Waals surface area (Å²) < 4.78 is 18.7. The second-order valence-electron chi connectivity index (χ2n) is 6.93. The van der Waals surface area contributed by atoms with Gasteiger partial charge in [-0.05, 0) is 49.1 Å². The van der Waals surface area contributed by atoms with Crippen LogP contribution in [-0.2, 0) is 0 Å². The number of hydrogen-bond acceptors (Lipinski definition) is 3. The Balaban J connectivity index is 1.58. The maximum atomic E-state index is 13.2. The molecule has 0 spiro atoms. The van der Waals surface area contributed by atoms with Gasteiger partial charge in [-0.1, -0.05) is 25.0 Å². The second kappa shape index (κ2) is 8.36. The molecule has 1 fully saturated rings. The van der Waals surface area contributed by atoms with E-state index in [9.17, 15) is 14.3 Å². The molecule has 1 atom stereocenters. The van der Waals surface area contributed by atoms with Gasteiger partial charge in [0.1, 0.15) is 11.6 Å². The van der Waals surface area contributed by atoms with E-state index in [4.69, 9.17) is 4.42 Å². The van der Waals surface area contributed by atoms with E-state index in [-0.39, 0.29) is 24.4 Å². The van der Waals surface area contributed by atoms with Gasteiger partial charge in [-0.25, -0.2) is 9.18 Å². The van der Waals surface area contributed by atoms with Gasteiger partial charge in [0.25, 0.3) is 0 Å². The first kappa shape index (κ1) is 18.5. The average molecular weight is 360 g/mol. The molecule has 0 unspecified atom stereocenters. The molecule has 1 aliphatic carbocycles. The highest BCUT2D eigenvalue weighted by Crippen LogP contribution is 2.30. The van der Waals surface area contributed by atoms with Crippen LogP contribution in [0.1, 0.15) is 49.3 Å². The number of halogens is 1. The lowest BCUT2D eigenvalue weighted by Gasteiger charge is -2.28. The molecule has 3 N–H and O–H groups in total. The predicted octanol–water partition coefficient (Wildman–Crippen LogP) is 3.55. The summed E-state index contributed by atoms with van der Waals surface area (Å²) in [6.07, 6.45) is 5.89. The summed E-state index contributed by atoms with van der Waals surface area (Å²) in [7, 11) is 0. The van der Waals surface area contributed by atoms with Gasteiger partial charge in [-0.3, -0.25) is 0 Å². The number of hydrogen-bond donors (Lipinski definition) is 3. The number of benzene rings is 1. The van der Waals surface area contributed by atoms with E-state index in [1.165, 1.54) is 12.1 Å². The number of carbonyl (C=O) groups excluding carboxylic acids is 1. The van der Waals surface area contributed by atoms with Crippen LogP contribution in [-0.4, -0.2) is 29.8 Å². The third-order valence-corrected chi connectivity index (χ3v) is 5.12. The minimum atomic E-state index is -0.485.